The van der Waals surface area contributed by atoms with Gasteiger partial charge in [-0.15, -0.1) is 0 Å². The molecule has 196 valence electrons. The molecule has 1 heterocycles. The lowest BCUT2D eigenvalue weighted by molar-refractivity contribution is -0.118. The summed E-state index contributed by atoms with van der Waals surface area (Å²) in [6.45, 7) is 2.19. The predicted octanol–water partition coefficient (Wildman–Crippen LogP) is 3.80. The average molecular weight is 564 g/mol. The molecule has 0 atom stereocenters. The van der Waals surface area contributed by atoms with Gasteiger partial charge < -0.3 is 10.1 Å². The molecule has 2 N–H and O–H groups in total. The van der Waals surface area contributed by atoms with Crippen LogP contribution in [0.1, 0.15) is 18.9 Å². The number of ether oxygens (including phenoxy) is 1. The lowest BCUT2D eigenvalue weighted by atomic mass is 10.1. The van der Waals surface area contributed by atoms with E-state index in [1.165, 1.54) is 52.8 Å². The van der Waals surface area contributed by atoms with Crippen LogP contribution in [-0.2, 0) is 31.3 Å². The average Bonchev–Trinajstić information content (AvgIpc) is 3.31. The molecule has 0 bridgehead atoms. The van der Waals surface area contributed by atoms with Crippen molar-refractivity contribution in [3.05, 3.63) is 77.3 Å². The molecule has 1 aliphatic heterocycles. The standard InChI is InChI=1S/C25H26ClN3O6S2/c1-2-14-27-36(31,32)22-11-7-21(8-12-22)35-17-25(30)28-20-6-3-18-13-15-29(24(18)16-20)37(33,34)23-9-4-19(26)5-10-23/h3-12,16,27H,2,13-15,17H2,1H3,(H,28,30). The van der Waals surface area contributed by atoms with Gasteiger partial charge in [-0.05, 0) is 79.1 Å². The normalized spacial score (nSPS) is 13.3. The summed E-state index contributed by atoms with van der Waals surface area (Å²) in [5.74, 6) is -0.120. The van der Waals surface area contributed by atoms with Crippen molar-refractivity contribution in [2.75, 3.05) is 29.3 Å². The highest BCUT2D eigenvalue weighted by Gasteiger charge is 2.31. The Labute approximate surface area is 221 Å². The van der Waals surface area contributed by atoms with Gasteiger partial charge in [-0.2, -0.15) is 0 Å². The second-order valence-electron chi connectivity index (χ2n) is 8.33. The Morgan fingerprint density at radius 2 is 1.65 bits per heavy atom. The molecule has 4 rings (SSSR count). The fourth-order valence-electron chi connectivity index (χ4n) is 3.79. The van der Waals surface area contributed by atoms with Crippen molar-refractivity contribution in [1.29, 1.82) is 0 Å². The predicted molar refractivity (Wildman–Crippen MR) is 142 cm³/mol. The highest BCUT2D eigenvalue weighted by molar-refractivity contribution is 7.92. The van der Waals surface area contributed by atoms with Gasteiger partial charge >= 0.3 is 0 Å². The Bertz CT molecular complexity index is 1490. The summed E-state index contributed by atoms with van der Waals surface area (Å²) in [7, 11) is -7.38. The van der Waals surface area contributed by atoms with Crippen LogP contribution in [0.25, 0.3) is 0 Å². The molecule has 0 radical (unpaired) electrons. The molecular weight excluding hydrogens is 538 g/mol. The third-order valence-electron chi connectivity index (χ3n) is 5.67. The van der Waals surface area contributed by atoms with E-state index in [-0.39, 0.29) is 16.4 Å². The number of nitrogens with zero attached hydrogens (tertiary/aromatic N) is 1. The van der Waals surface area contributed by atoms with E-state index in [0.717, 1.165) is 5.56 Å². The molecular formula is C25H26ClN3O6S2. The fraction of sp³-hybridized carbons (Fsp3) is 0.240. The highest BCUT2D eigenvalue weighted by atomic mass is 35.5. The number of rotatable bonds is 10. The number of amides is 1. The van der Waals surface area contributed by atoms with Crippen LogP contribution in [0, 0.1) is 0 Å². The summed E-state index contributed by atoms with van der Waals surface area (Å²) < 4.78 is 60.0. The summed E-state index contributed by atoms with van der Waals surface area (Å²) in [6.07, 6.45) is 1.23. The second-order valence-corrected chi connectivity index (χ2v) is 12.4. The van der Waals surface area contributed by atoms with E-state index in [4.69, 9.17) is 16.3 Å². The lowest BCUT2D eigenvalue weighted by Crippen LogP contribution is -2.29. The smallest absolute Gasteiger partial charge is 0.264 e. The second kappa shape index (κ2) is 11.1. The number of halogens is 1. The van der Waals surface area contributed by atoms with Gasteiger partial charge in [0.05, 0.1) is 15.5 Å². The first-order valence-corrected chi connectivity index (χ1v) is 14.8. The molecule has 1 amide bonds. The van der Waals surface area contributed by atoms with Crippen molar-refractivity contribution in [3.63, 3.8) is 0 Å². The number of benzene rings is 3. The van der Waals surface area contributed by atoms with Gasteiger partial charge in [0.2, 0.25) is 10.0 Å². The lowest BCUT2D eigenvalue weighted by Gasteiger charge is -2.20. The van der Waals surface area contributed by atoms with Crippen LogP contribution in [0.3, 0.4) is 0 Å². The molecule has 0 saturated carbocycles. The van der Waals surface area contributed by atoms with Gasteiger partial charge in [-0.1, -0.05) is 24.6 Å². The largest absolute Gasteiger partial charge is 0.484 e. The van der Waals surface area contributed by atoms with Crippen LogP contribution in [0.5, 0.6) is 5.75 Å². The summed E-state index contributed by atoms with van der Waals surface area (Å²) in [5.41, 5.74) is 1.78. The minimum atomic E-state index is -3.79. The third kappa shape index (κ3) is 6.24. The Hall–Kier alpha value is -3.12. The zero-order valence-electron chi connectivity index (χ0n) is 20.0. The van der Waals surface area contributed by atoms with Gasteiger partial charge in [-0.25, -0.2) is 21.6 Å². The number of anilines is 2. The molecule has 0 aliphatic carbocycles. The number of fused-ring (bicyclic) bond motifs is 1. The summed E-state index contributed by atoms with van der Waals surface area (Å²) in [4.78, 5) is 12.7. The first-order valence-electron chi connectivity index (χ1n) is 11.5. The highest BCUT2D eigenvalue weighted by Crippen LogP contribution is 2.35. The van der Waals surface area contributed by atoms with Gasteiger partial charge in [0.15, 0.2) is 6.61 Å². The van der Waals surface area contributed by atoms with Crippen LogP contribution < -0.4 is 19.1 Å². The Morgan fingerprint density at radius 3 is 2.32 bits per heavy atom. The van der Waals surface area contributed by atoms with E-state index in [0.29, 0.717) is 48.1 Å². The van der Waals surface area contributed by atoms with Crippen LogP contribution in [0.15, 0.2) is 76.5 Å². The summed E-state index contributed by atoms with van der Waals surface area (Å²) in [6, 6.07) is 16.8. The zero-order valence-corrected chi connectivity index (χ0v) is 22.4. The maximum atomic E-state index is 13.2. The Morgan fingerprint density at radius 1 is 0.973 bits per heavy atom. The van der Waals surface area contributed by atoms with Crippen molar-refractivity contribution in [2.45, 2.75) is 29.6 Å². The van der Waals surface area contributed by atoms with E-state index >= 15 is 0 Å². The van der Waals surface area contributed by atoms with Crippen molar-refractivity contribution >= 4 is 48.9 Å². The molecule has 9 nitrogen and oxygen atoms in total. The number of sulfonamides is 2. The molecule has 3 aromatic rings. The molecule has 0 aromatic heterocycles. The number of hydrogen-bond donors (Lipinski definition) is 2. The quantitative estimate of drug-likeness (QED) is 0.387. The van der Waals surface area contributed by atoms with Crippen molar-refractivity contribution in [2.24, 2.45) is 0 Å². The van der Waals surface area contributed by atoms with Crippen LogP contribution in [0.4, 0.5) is 11.4 Å². The molecule has 3 aromatic carbocycles. The summed E-state index contributed by atoms with van der Waals surface area (Å²) in [5, 5.41) is 3.15. The zero-order chi connectivity index (χ0) is 26.6. The molecule has 0 unspecified atom stereocenters. The first-order chi connectivity index (χ1) is 17.6. The van der Waals surface area contributed by atoms with Crippen LogP contribution in [-0.4, -0.2) is 42.4 Å². The fourth-order valence-corrected chi connectivity index (χ4v) is 6.55. The van der Waals surface area contributed by atoms with E-state index in [2.05, 4.69) is 10.0 Å². The SMILES string of the molecule is CCCNS(=O)(=O)c1ccc(OCC(=O)Nc2ccc3c(c2)N(S(=O)(=O)c2ccc(Cl)cc2)CC3)cc1. The Kier molecular flexibility index (Phi) is 8.08. The van der Waals surface area contributed by atoms with Gasteiger partial charge in [0.25, 0.3) is 15.9 Å². The van der Waals surface area contributed by atoms with Crippen molar-refractivity contribution < 1.29 is 26.4 Å². The van der Waals surface area contributed by atoms with E-state index in [9.17, 15) is 21.6 Å². The van der Waals surface area contributed by atoms with E-state index in [1.54, 1.807) is 18.2 Å². The topological polar surface area (TPSA) is 122 Å². The van der Waals surface area contributed by atoms with Gasteiger partial charge in [-0.3, -0.25) is 9.10 Å². The van der Waals surface area contributed by atoms with Crippen LogP contribution >= 0.6 is 11.6 Å². The Balaban J connectivity index is 1.40. The van der Waals surface area contributed by atoms with E-state index in [1.807, 2.05) is 6.92 Å². The minimum Gasteiger partial charge on any atom is -0.484 e. The number of nitrogens with one attached hydrogen (secondary N) is 2. The number of hydrogen-bond acceptors (Lipinski definition) is 6. The monoisotopic (exact) mass is 563 g/mol. The molecule has 0 saturated heterocycles. The number of carbonyl (C=O) groups excluding carboxylic acids is 1. The maximum Gasteiger partial charge on any atom is 0.264 e. The molecule has 37 heavy (non-hydrogen) atoms. The van der Waals surface area contributed by atoms with Gasteiger partial charge in [0, 0.05) is 23.8 Å². The molecule has 0 fully saturated rings. The van der Waals surface area contributed by atoms with E-state index < -0.39 is 26.0 Å². The van der Waals surface area contributed by atoms with Crippen molar-refractivity contribution in [3.8, 4) is 5.75 Å². The molecule has 12 heteroatoms. The summed E-state index contributed by atoms with van der Waals surface area (Å²) >= 11 is 5.89. The molecule has 0 spiro atoms. The van der Waals surface area contributed by atoms with Gasteiger partial charge in [0.1, 0.15) is 5.75 Å². The van der Waals surface area contributed by atoms with Crippen LogP contribution in [0.2, 0.25) is 5.02 Å². The first kappa shape index (κ1) is 26.9. The third-order valence-corrected chi connectivity index (χ3v) is 9.23. The number of carbonyl (C=O) groups is 1. The maximum absolute atomic E-state index is 13.2. The van der Waals surface area contributed by atoms with Crippen molar-refractivity contribution in [1.82, 2.24) is 4.72 Å². The molecule has 1 aliphatic rings. The minimum absolute atomic E-state index is 0.106.